The molecule has 0 spiro atoms. The Morgan fingerprint density at radius 3 is 2.90 bits per heavy atom. The monoisotopic (exact) mass is 288 g/mol. The molecule has 0 atom stereocenters. The molecule has 1 saturated carbocycles. The van der Waals surface area contributed by atoms with Crippen molar-refractivity contribution in [2.24, 2.45) is 0 Å². The van der Waals surface area contributed by atoms with Crippen molar-refractivity contribution in [3.05, 3.63) is 47.4 Å². The normalized spacial score (nSPS) is 14.9. The Morgan fingerprint density at radius 2 is 2.10 bits per heavy atom. The van der Waals surface area contributed by atoms with E-state index >= 15 is 0 Å². The Labute approximate surface area is 119 Å². The maximum Gasteiger partial charge on any atom is 0.223 e. The van der Waals surface area contributed by atoms with Crippen molar-refractivity contribution >= 4 is 17.2 Å². The van der Waals surface area contributed by atoms with Crippen LogP contribution in [0.1, 0.15) is 24.3 Å². The van der Waals surface area contributed by atoms with E-state index in [0.29, 0.717) is 11.6 Å². The van der Waals surface area contributed by atoms with Crippen molar-refractivity contribution in [3.63, 3.8) is 0 Å². The molecule has 4 nitrogen and oxygen atoms in total. The molecule has 0 aliphatic heterocycles. The lowest BCUT2D eigenvalue weighted by molar-refractivity contribution is 0.617. The van der Waals surface area contributed by atoms with Crippen molar-refractivity contribution in [2.75, 3.05) is 0 Å². The van der Waals surface area contributed by atoms with Crippen LogP contribution >= 0.6 is 11.6 Å². The van der Waals surface area contributed by atoms with Gasteiger partial charge >= 0.3 is 0 Å². The van der Waals surface area contributed by atoms with Crippen LogP contribution in [-0.2, 0) is 0 Å². The van der Waals surface area contributed by atoms with E-state index in [4.69, 9.17) is 11.6 Å². The molecule has 0 saturated heterocycles. The number of rotatable bonds is 2. The number of imidazole rings is 1. The predicted octanol–water partition coefficient (Wildman–Crippen LogP) is 3.46. The first-order chi connectivity index (χ1) is 9.74. The molecule has 6 heteroatoms. The summed E-state index contributed by atoms with van der Waals surface area (Å²) >= 11 is 5.76. The first-order valence-electron chi connectivity index (χ1n) is 6.38. The van der Waals surface area contributed by atoms with E-state index in [0.717, 1.165) is 11.8 Å². The summed E-state index contributed by atoms with van der Waals surface area (Å²) in [6, 6.07) is 4.03. The van der Waals surface area contributed by atoms with Crippen molar-refractivity contribution in [2.45, 2.75) is 18.8 Å². The van der Waals surface area contributed by atoms with Gasteiger partial charge in [-0.15, -0.1) is 0 Å². The summed E-state index contributed by atoms with van der Waals surface area (Å²) in [5.74, 6) is 0.0702. The summed E-state index contributed by atoms with van der Waals surface area (Å²) in [6.45, 7) is 0. The Hall–Kier alpha value is -2.01. The summed E-state index contributed by atoms with van der Waals surface area (Å²) < 4.78 is 15.8. The minimum Gasteiger partial charge on any atom is -0.298 e. The fourth-order valence-corrected chi connectivity index (χ4v) is 2.58. The molecule has 3 aromatic heterocycles. The summed E-state index contributed by atoms with van der Waals surface area (Å²) in [5, 5.41) is 0.0229. The maximum absolute atomic E-state index is 13.9. The van der Waals surface area contributed by atoms with Crippen molar-refractivity contribution < 1.29 is 4.39 Å². The second-order valence-corrected chi connectivity index (χ2v) is 5.25. The lowest BCUT2D eigenvalue weighted by atomic mass is 10.2. The number of hydrogen-bond donors (Lipinski definition) is 0. The van der Waals surface area contributed by atoms with Gasteiger partial charge in [0.2, 0.25) is 5.28 Å². The number of halogens is 2. The molecule has 0 radical (unpaired) electrons. The number of hydrogen-bond acceptors (Lipinski definition) is 3. The van der Waals surface area contributed by atoms with Crippen LogP contribution in [0.4, 0.5) is 4.39 Å². The highest BCUT2D eigenvalue weighted by Gasteiger charge is 2.27. The van der Waals surface area contributed by atoms with Gasteiger partial charge in [-0.3, -0.25) is 4.40 Å². The predicted molar refractivity (Wildman–Crippen MR) is 73.2 cm³/mol. The SMILES string of the molecule is Fc1cnc(Cl)nc1-c1cnc2c(C3CC3)cccn12. The molecule has 0 amide bonds. The Balaban J connectivity index is 1.96. The van der Waals surface area contributed by atoms with Crippen LogP contribution in [0.5, 0.6) is 0 Å². The summed E-state index contributed by atoms with van der Waals surface area (Å²) in [5.41, 5.74) is 2.83. The van der Waals surface area contributed by atoms with Gasteiger partial charge in [0.15, 0.2) is 5.82 Å². The molecule has 1 fully saturated rings. The van der Waals surface area contributed by atoms with Gasteiger partial charge in [-0.25, -0.2) is 19.3 Å². The van der Waals surface area contributed by atoms with Gasteiger partial charge in [0.25, 0.3) is 0 Å². The molecule has 1 aliphatic carbocycles. The quantitative estimate of drug-likeness (QED) is 0.678. The van der Waals surface area contributed by atoms with Crippen LogP contribution in [-0.4, -0.2) is 19.4 Å². The van der Waals surface area contributed by atoms with E-state index in [1.54, 1.807) is 6.20 Å². The van der Waals surface area contributed by atoms with Crippen LogP contribution in [0.3, 0.4) is 0 Å². The van der Waals surface area contributed by atoms with E-state index in [1.165, 1.54) is 18.4 Å². The summed E-state index contributed by atoms with van der Waals surface area (Å²) in [4.78, 5) is 12.0. The Kier molecular flexibility index (Phi) is 2.50. The highest BCUT2D eigenvalue weighted by Crippen LogP contribution is 2.42. The minimum absolute atomic E-state index is 0.0229. The van der Waals surface area contributed by atoms with E-state index in [9.17, 15) is 4.39 Å². The average Bonchev–Trinajstić information content (AvgIpc) is 3.20. The van der Waals surface area contributed by atoms with E-state index in [-0.39, 0.29) is 11.0 Å². The molecule has 20 heavy (non-hydrogen) atoms. The van der Waals surface area contributed by atoms with Crippen molar-refractivity contribution in [3.8, 4) is 11.4 Å². The zero-order valence-electron chi connectivity index (χ0n) is 10.4. The molecule has 0 bridgehead atoms. The highest BCUT2D eigenvalue weighted by molar-refractivity contribution is 6.28. The van der Waals surface area contributed by atoms with E-state index in [2.05, 4.69) is 21.0 Å². The van der Waals surface area contributed by atoms with Crippen LogP contribution in [0.15, 0.2) is 30.7 Å². The third-order valence-electron chi connectivity index (χ3n) is 3.54. The summed E-state index contributed by atoms with van der Waals surface area (Å²) in [7, 11) is 0. The van der Waals surface area contributed by atoms with Gasteiger partial charge in [0, 0.05) is 6.20 Å². The molecule has 0 N–H and O–H groups in total. The lowest BCUT2D eigenvalue weighted by Gasteiger charge is -2.05. The number of aromatic nitrogens is 4. The largest absolute Gasteiger partial charge is 0.298 e. The van der Waals surface area contributed by atoms with Gasteiger partial charge in [-0.05, 0) is 42.0 Å². The minimum atomic E-state index is -0.506. The van der Waals surface area contributed by atoms with Gasteiger partial charge in [-0.1, -0.05) is 6.07 Å². The topological polar surface area (TPSA) is 43.1 Å². The van der Waals surface area contributed by atoms with Crippen LogP contribution < -0.4 is 0 Å². The van der Waals surface area contributed by atoms with E-state index < -0.39 is 5.82 Å². The summed E-state index contributed by atoms with van der Waals surface area (Å²) in [6.07, 6.45) is 6.95. The van der Waals surface area contributed by atoms with Crippen molar-refractivity contribution in [1.29, 1.82) is 0 Å². The first kappa shape index (κ1) is 11.8. The molecule has 100 valence electrons. The highest BCUT2D eigenvalue weighted by atomic mass is 35.5. The fraction of sp³-hybridized carbons (Fsp3) is 0.214. The maximum atomic E-state index is 13.9. The molecule has 0 unspecified atom stereocenters. The van der Waals surface area contributed by atoms with Gasteiger partial charge in [0.05, 0.1) is 18.1 Å². The lowest BCUT2D eigenvalue weighted by Crippen LogP contribution is -1.97. The standard InChI is InChI=1S/C14H10ClFN4/c15-14-18-6-10(16)12(19-14)11-7-17-13-9(8-3-4-8)2-1-5-20(11)13/h1-2,5-8H,3-4H2. The second-order valence-electron chi connectivity index (χ2n) is 4.91. The smallest absolute Gasteiger partial charge is 0.223 e. The van der Waals surface area contributed by atoms with Gasteiger partial charge < -0.3 is 0 Å². The molecule has 3 heterocycles. The third-order valence-corrected chi connectivity index (χ3v) is 3.72. The zero-order valence-corrected chi connectivity index (χ0v) is 11.2. The molecule has 4 rings (SSSR count). The average molecular weight is 289 g/mol. The van der Waals surface area contributed by atoms with Gasteiger partial charge in [-0.2, -0.15) is 0 Å². The van der Waals surface area contributed by atoms with Crippen LogP contribution in [0.25, 0.3) is 17.0 Å². The Morgan fingerprint density at radius 1 is 1.25 bits per heavy atom. The second kappa shape index (κ2) is 4.24. The fourth-order valence-electron chi connectivity index (χ4n) is 2.45. The molecule has 3 aromatic rings. The van der Waals surface area contributed by atoms with Gasteiger partial charge in [0.1, 0.15) is 11.3 Å². The van der Waals surface area contributed by atoms with Crippen LogP contribution in [0.2, 0.25) is 5.28 Å². The zero-order chi connectivity index (χ0) is 13.7. The Bertz CT molecular complexity index is 810. The molecular weight excluding hydrogens is 279 g/mol. The first-order valence-corrected chi connectivity index (χ1v) is 6.76. The molecule has 1 aliphatic rings. The van der Waals surface area contributed by atoms with Crippen molar-refractivity contribution in [1.82, 2.24) is 19.4 Å². The molecule has 0 aromatic carbocycles. The number of fused-ring (bicyclic) bond motifs is 1. The van der Waals surface area contributed by atoms with Crippen LogP contribution in [0, 0.1) is 5.82 Å². The number of pyridine rings is 1. The third kappa shape index (κ3) is 1.78. The number of nitrogens with zero attached hydrogens (tertiary/aromatic N) is 4. The molecular formula is C14H10ClFN4. The van der Waals surface area contributed by atoms with E-state index in [1.807, 2.05) is 16.7 Å².